The molecule has 1 aliphatic rings. The fraction of sp³-hybridized carbons (Fsp3) is 0.538. The minimum absolute atomic E-state index is 0.111. The van der Waals surface area contributed by atoms with E-state index in [0.29, 0.717) is 6.54 Å². The fourth-order valence-corrected chi connectivity index (χ4v) is 4.86. The lowest BCUT2D eigenvalue weighted by atomic mass is 10.0. The molecule has 0 spiro atoms. The first kappa shape index (κ1) is 15.5. The molecule has 0 bridgehead atoms. The molecule has 20 heavy (non-hydrogen) atoms. The van der Waals surface area contributed by atoms with Gasteiger partial charge in [-0.1, -0.05) is 25.4 Å². The molecule has 1 aliphatic heterocycles. The number of nitrogen functional groups attached to an aromatic ring is 1. The lowest BCUT2D eigenvalue weighted by Gasteiger charge is -2.27. The quantitative estimate of drug-likeness (QED) is 0.871. The summed E-state index contributed by atoms with van der Waals surface area (Å²) in [6.07, 6.45) is 1.56. The molecule has 0 radical (unpaired) electrons. The Kier molecular flexibility index (Phi) is 4.27. The maximum atomic E-state index is 14.1. The van der Waals surface area contributed by atoms with Crippen LogP contribution in [0.1, 0.15) is 26.7 Å². The monoisotopic (exact) mass is 320 g/mol. The van der Waals surface area contributed by atoms with Crippen LogP contribution >= 0.6 is 11.6 Å². The third-order valence-corrected chi connectivity index (χ3v) is 5.82. The summed E-state index contributed by atoms with van der Waals surface area (Å²) in [5.41, 5.74) is 5.72. The third kappa shape index (κ3) is 2.64. The van der Waals surface area contributed by atoms with Crippen LogP contribution in [0.15, 0.2) is 17.0 Å². The van der Waals surface area contributed by atoms with E-state index < -0.39 is 20.7 Å². The molecule has 1 atom stereocenters. The number of nitrogens with zero attached hydrogens (tertiary/aromatic N) is 1. The van der Waals surface area contributed by atoms with Crippen molar-refractivity contribution in [1.82, 2.24) is 4.31 Å². The van der Waals surface area contributed by atoms with Gasteiger partial charge in [-0.2, -0.15) is 4.31 Å². The highest BCUT2D eigenvalue weighted by Gasteiger charge is 2.38. The average Bonchev–Trinajstić information content (AvgIpc) is 2.83. The number of rotatable bonds is 3. The van der Waals surface area contributed by atoms with E-state index in [9.17, 15) is 12.8 Å². The molecule has 1 saturated heterocycles. The van der Waals surface area contributed by atoms with E-state index in [4.69, 9.17) is 17.3 Å². The molecule has 2 N–H and O–H groups in total. The maximum absolute atomic E-state index is 14.1. The Hall–Kier alpha value is -0.850. The molecule has 1 aromatic rings. The Morgan fingerprint density at radius 2 is 2.10 bits per heavy atom. The zero-order valence-electron chi connectivity index (χ0n) is 11.4. The first-order chi connectivity index (χ1) is 9.25. The van der Waals surface area contributed by atoms with E-state index in [1.165, 1.54) is 10.4 Å². The number of hydrogen-bond donors (Lipinski definition) is 1. The van der Waals surface area contributed by atoms with Crippen LogP contribution in [-0.2, 0) is 10.0 Å². The van der Waals surface area contributed by atoms with Crippen molar-refractivity contribution < 1.29 is 12.8 Å². The smallest absolute Gasteiger partial charge is 0.246 e. The summed E-state index contributed by atoms with van der Waals surface area (Å²) in [6, 6.07) is 2.23. The van der Waals surface area contributed by atoms with Gasteiger partial charge in [0.1, 0.15) is 4.90 Å². The number of nitrogens with two attached hydrogens (primary N) is 1. The standard InChI is InChI=1S/C13H18ClFN2O2S/c1-8(2)11-4-3-5-17(11)20(18,19)12-7-9(16)6-10(14)13(12)15/h6-8,11H,3-5,16H2,1-2H3. The normalized spacial score (nSPS) is 20.8. The molecular weight excluding hydrogens is 303 g/mol. The number of sulfonamides is 1. The Balaban J connectivity index is 2.51. The minimum atomic E-state index is -3.91. The first-order valence-electron chi connectivity index (χ1n) is 6.51. The van der Waals surface area contributed by atoms with Crippen molar-refractivity contribution in [3.05, 3.63) is 23.0 Å². The Morgan fingerprint density at radius 1 is 1.45 bits per heavy atom. The molecule has 1 unspecified atom stereocenters. The molecule has 2 rings (SSSR count). The van der Waals surface area contributed by atoms with Gasteiger partial charge in [0.05, 0.1) is 5.02 Å². The van der Waals surface area contributed by atoms with Crippen LogP contribution < -0.4 is 5.73 Å². The zero-order chi connectivity index (χ0) is 15.1. The van der Waals surface area contributed by atoms with Crippen LogP contribution in [0.2, 0.25) is 5.02 Å². The average molecular weight is 321 g/mol. The van der Waals surface area contributed by atoms with E-state index in [1.54, 1.807) is 0 Å². The number of anilines is 1. The molecule has 0 saturated carbocycles. The number of halogens is 2. The summed E-state index contributed by atoms with van der Waals surface area (Å²) in [5, 5.41) is -0.274. The highest BCUT2D eigenvalue weighted by molar-refractivity contribution is 7.89. The largest absolute Gasteiger partial charge is 0.399 e. The van der Waals surface area contributed by atoms with E-state index >= 15 is 0 Å². The molecule has 1 heterocycles. The molecule has 0 aliphatic carbocycles. The lowest BCUT2D eigenvalue weighted by molar-refractivity contribution is 0.314. The van der Waals surface area contributed by atoms with Crippen molar-refractivity contribution in [2.75, 3.05) is 12.3 Å². The van der Waals surface area contributed by atoms with Gasteiger partial charge in [0.25, 0.3) is 0 Å². The van der Waals surface area contributed by atoms with E-state index in [-0.39, 0.29) is 22.7 Å². The second kappa shape index (κ2) is 5.50. The van der Waals surface area contributed by atoms with Crippen molar-refractivity contribution in [2.45, 2.75) is 37.6 Å². The predicted molar refractivity (Wildman–Crippen MR) is 77.6 cm³/mol. The van der Waals surface area contributed by atoms with Gasteiger partial charge in [-0.25, -0.2) is 12.8 Å². The Bertz CT molecular complexity index is 619. The maximum Gasteiger partial charge on any atom is 0.246 e. The topological polar surface area (TPSA) is 63.4 Å². The third-order valence-electron chi connectivity index (χ3n) is 3.62. The van der Waals surface area contributed by atoms with Crippen LogP contribution in [0, 0.1) is 11.7 Å². The zero-order valence-corrected chi connectivity index (χ0v) is 13.0. The Morgan fingerprint density at radius 3 is 2.70 bits per heavy atom. The van der Waals surface area contributed by atoms with Gasteiger partial charge in [-0.15, -0.1) is 0 Å². The molecule has 7 heteroatoms. The SMILES string of the molecule is CC(C)C1CCCN1S(=O)(=O)c1cc(N)cc(Cl)c1F. The molecule has 1 aromatic carbocycles. The van der Waals surface area contributed by atoms with Gasteiger partial charge < -0.3 is 5.73 Å². The minimum Gasteiger partial charge on any atom is -0.399 e. The second-order valence-electron chi connectivity index (χ2n) is 5.38. The molecule has 0 amide bonds. The summed E-state index contributed by atoms with van der Waals surface area (Å²) >= 11 is 5.69. The van der Waals surface area contributed by atoms with Gasteiger partial charge in [-0.05, 0) is 30.9 Å². The van der Waals surface area contributed by atoms with Gasteiger partial charge in [0, 0.05) is 18.3 Å². The highest BCUT2D eigenvalue weighted by atomic mass is 35.5. The van der Waals surface area contributed by atoms with Crippen molar-refractivity contribution in [1.29, 1.82) is 0 Å². The molecule has 4 nitrogen and oxygen atoms in total. The van der Waals surface area contributed by atoms with Crippen LogP contribution in [0.25, 0.3) is 0 Å². The number of hydrogen-bond acceptors (Lipinski definition) is 3. The summed E-state index contributed by atoms with van der Waals surface area (Å²) < 4.78 is 40.7. The lowest BCUT2D eigenvalue weighted by Crippen LogP contribution is -2.38. The Labute approximate surface area is 123 Å². The number of benzene rings is 1. The van der Waals surface area contributed by atoms with Crippen LogP contribution in [-0.4, -0.2) is 25.3 Å². The van der Waals surface area contributed by atoms with Gasteiger partial charge in [0.2, 0.25) is 10.0 Å². The van der Waals surface area contributed by atoms with Crippen LogP contribution in [0.4, 0.5) is 10.1 Å². The van der Waals surface area contributed by atoms with Crippen molar-refractivity contribution in [3.8, 4) is 0 Å². The molecule has 112 valence electrons. The van der Waals surface area contributed by atoms with Gasteiger partial charge in [-0.3, -0.25) is 0 Å². The van der Waals surface area contributed by atoms with E-state index in [0.717, 1.165) is 18.9 Å². The molecular formula is C13H18ClFN2O2S. The summed E-state index contributed by atoms with van der Waals surface area (Å²) in [5.74, 6) is -0.762. The molecule has 1 fully saturated rings. The van der Waals surface area contributed by atoms with Gasteiger partial charge >= 0.3 is 0 Å². The van der Waals surface area contributed by atoms with Crippen LogP contribution in [0.3, 0.4) is 0 Å². The van der Waals surface area contributed by atoms with Crippen molar-refractivity contribution in [2.24, 2.45) is 5.92 Å². The summed E-state index contributed by atoms with van der Waals surface area (Å²) in [7, 11) is -3.91. The summed E-state index contributed by atoms with van der Waals surface area (Å²) in [6.45, 7) is 4.32. The van der Waals surface area contributed by atoms with Crippen molar-refractivity contribution in [3.63, 3.8) is 0 Å². The van der Waals surface area contributed by atoms with E-state index in [1.807, 2.05) is 13.8 Å². The molecule has 0 aromatic heterocycles. The highest BCUT2D eigenvalue weighted by Crippen LogP contribution is 2.33. The predicted octanol–water partition coefficient (Wildman–Crippen LogP) is 2.87. The second-order valence-corrected chi connectivity index (χ2v) is 7.65. The van der Waals surface area contributed by atoms with Crippen LogP contribution in [0.5, 0.6) is 0 Å². The van der Waals surface area contributed by atoms with Crippen molar-refractivity contribution >= 4 is 27.3 Å². The van der Waals surface area contributed by atoms with E-state index in [2.05, 4.69) is 0 Å². The fourth-order valence-electron chi connectivity index (χ4n) is 2.63. The summed E-state index contributed by atoms with van der Waals surface area (Å²) in [4.78, 5) is -0.435. The first-order valence-corrected chi connectivity index (χ1v) is 8.33. The van der Waals surface area contributed by atoms with Gasteiger partial charge in [0.15, 0.2) is 5.82 Å².